The number of hydrogen-bond acceptors (Lipinski definition) is 4. The van der Waals surface area contributed by atoms with Crippen LogP contribution in [-0.4, -0.2) is 31.2 Å². The van der Waals surface area contributed by atoms with Crippen LogP contribution < -0.4 is 16.0 Å². The van der Waals surface area contributed by atoms with E-state index >= 15 is 0 Å². The molecule has 3 rings (SSSR count). The predicted molar refractivity (Wildman–Crippen MR) is 97.4 cm³/mol. The van der Waals surface area contributed by atoms with Gasteiger partial charge in [0.1, 0.15) is 0 Å². The summed E-state index contributed by atoms with van der Waals surface area (Å²) in [4.78, 5) is 7.00. The standard InChI is InChI=1S/C14H18N4.2C2H6/c15-10-11-9-14(18-7-5-16-6-8-18)12-3-1-2-4-13(12)17-11;2*1-2/h1-4,9,16H,5-8,10,15H2;2*1-2H3. The molecule has 2 heterocycles. The Morgan fingerprint density at radius 3 is 2.36 bits per heavy atom. The van der Waals surface area contributed by atoms with Crippen LogP contribution in [0.1, 0.15) is 33.4 Å². The minimum Gasteiger partial charge on any atom is -0.368 e. The molecular formula is C18H30N4. The largest absolute Gasteiger partial charge is 0.368 e. The Bertz CT molecular complexity index is 548. The van der Waals surface area contributed by atoms with Gasteiger partial charge in [-0.3, -0.25) is 4.98 Å². The topological polar surface area (TPSA) is 54.2 Å². The van der Waals surface area contributed by atoms with E-state index in [1.165, 1.54) is 11.1 Å². The molecular weight excluding hydrogens is 272 g/mol. The first-order valence-corrected chi connectivity index (χ1v) is 8.43. The number of rotatable bonds is 2. The highest BCUT2D eigenvalue weighted by Gasteiger charge is 2.14. The maximum atomic E-state index is 5.75. The summed E-state index contributed by atoms with van der Waals surface area (Å²) in [7, 11) is 0. The van der Waals surface area contributed by atoms with E-state index in [0.717, 1.165) is 37.4 Å². The summed E-state index contributed by atoms with van der Waals surface area (Å²) in [6.07, 6.45) is 0. The highest BCUT2D eigenvalue weighted by atomic mass is 15.2. The maximum absolute atomic E-state index is 5.75. The number of piperazine rings is 1. The quantitative estimate of drug-likeness (QED) is 0.895. The van der Waals surface area contributed by atoms with Crippen molar-refractivity contribution < 1.29 is 0 Å². The molecule has 4 heteroatoms. The average molecular weight is 302 g/mol. The molecule has 0 saturated carbocycles. The summed E-state index contributed by atoms with van der Waals surface area (Å²) in [5, 5.41) is 4.60. The summed E-state index contributed by atoms with van der Waals surface area (Å²) in [6, 6.07) is 10.4. The number of nitrogens with zero attached hydrogens (tertiary/aromatic N) is 2. The Hall–Kier alpha value is -1.65. The van der Waals surface area contributed by atoms with Crippen molar-refractivity contribution in [2.24, 2.45) is 5.73 Å². The third-order valence-corrected chi connectivity index (χ3v) is 3.41. The van der Waals surface area contributed by atoms with Gasteiger partial charge in [0.15, 0.2) is 0 Å². The van der Waals surface area contributed by atoms with Crippen LogP contribution in [0.4, 0.5) is 5.69 Å². The minimum atomic E-state index is 0.490. The van der Waals surface area contributed by atoms with E-state index in [4.69, 9.17) is 5.73 Å². The van der Waals surface area contributed by atoms with Gasteiger partial charge >= 0.3 is 0 Å². The molecule has 0 radical (unpaired) electrons. The zero-order valence-corrected chi connectivity index (χ0v) is 14.4. The number of nitrogens with one attached hydrogen (secondary N) is 1. The highest BCUT2D eigenvalue weighted by Crippen LogP contribution is 2.26. The van der Waals surface area contributed by atoms with Crippen molar-refractivity contribution in [2.75, 3.05) is 31.1 Å². The van der Waals surface area contributed by atoms with Gasteiger partial charge in [-0.15, -0.1) is 0 Å². The van der Waals surface area contributed by atoms with Crippen LogP contribution in [0.25, 0.3) is 10.9 Å². The fraction of sp³-hybridized carbons (Fsp3) is 0.500. The van der Waals surface area contributed by atoms with Gasteiger partial charge in [0, 0.05) is 43.8 Å². The Morgan fingerprint density at radius 2 is 1.73 bits per heavy atom. The first-order chi connectivity index (χ1) is 10.9. The Labute approximate surface area is 134 Å². The van der Waals surface area contributed by atoms with E-state index in [-0.39, 0.29) is 0 Å². The molecule has 1 aromatic carbocycles. The SMILES string of the molecule is CC.CC.NCc1cc(N2CCNCC2)c2ccccc2n1. The zero-order valence-electron chi connectivity index (χ0n) is 14.4. The van der Waals surface area contributed by atoms with Crippen molar-refractivity contribution in [2.45, 2.75) is 34.2 Å². The van der Waals surface area contributed by atoms with E-state index in [1.807, 2.05) is 33.8 Å². The van der Waals surface area contributed by atoms with Crippen molar-refractivity contribution in [1.29, 1.82) is 0 Å². The van der Waals surface area contributed by atoms with Crippen molar-refractivity contribution in [3.05, 3.63) is 36.0 Å². The number of para-hydroxylation sites is 1. The Balaban J connectivity index is 0.000000561. The lowest BCUT2D eigenvalue weighted by Gasteiger charge is -2.30. The van der Waals surface area contributed by atoms with Gasteiger partial charge in [0.05, 0.1) is 11.2 Å². The molecule has 0 atom stereocenters. The molecule has 1 aromatic heterocycles. The number of fused-ring (bicyclic) bond motifs is 1. The molecule has 3 N–H and O–H groups in total. The van der Waals surface area contributed by atoms with E-state index < -0.39 is 0 Å². The second-order valence-electron chi connectivity index (χ2n) is 4.59. The Morgan fingerprint density at radius 1 is 1.09 bits per heavy atom. The van der Waals surface area contributed by atoms with Crippen molar-refractivity contribution in [3.8, 4) is 0 Å². The molecule has 0 bridgehead atoms. The van der Waals surface area contributed by atoms with Crippen LogP contribution in [0.5, 0.6) is 0 Å². The average Bonchev–Trinajstić information content (AvgIpc) is 2.65. The second-order valence-corrected chi connectivity index (χ2v) is 4.59. The fourth-order valence-corrected chi connectivity index (χ4v) is 2.48. The van der Waals surface area contributed by atoms with Gasteiger partial charge in [-0.25, -0.2) is 0 Å². The molecule has 1 aliphatic rings. The molecule has 0 unspecified atom stereocenters. The number of nitrogens with two attached hydrogens (primary N) is 1. The van der Waals surface area contributed by atoms with Crippen molar-refractivity contribution >= 4 is 16.6 Å². The second kappa shape index (κ2) is 10.1. The van der Waals surface area contributed by atoms with Gasteiger partial charge < -0.3 is 16.0 Å². The van der Waals surface area contributed by atoms with Crippen LogP contribution in [-0.2, 0) is 6.54 Å². The predicted octanol–water partition coefficient (Wildman–Crippen LogP) is 3.16. The normalized spacial score (nSPS) is 13.8. The lowest BCUT2D eigenvalue weighted by atomic mass is 10.1. The van der Waals surface area contributed by atoms with Crippen LogP contribution in [0, 0.1) is 0 Å². The van der Waals surface area contributed by atoms with Gasteiger partial charge in [-0.2, -0.15) is 0 Å². The van der Waals surface area contributed by atoms with Gasteiger partial charge in [0.2, 0.25) is 0 Å². The lowest BCUT2D eigenvalue weighted by Crippen LogP contribution is -2.43. The summed E-state index contributed by atoms with van der Waals surface area (Å²) in [5.74, 6) is 0. The highest BCUT2D eigenvalue weighted by molar-refractivity contribution is 5.92. The van der Waals surface area contributed by atoms with E-state index in [9.17, 15) is 0 Å². The number of aromatic nitrogens is 1. The molecule has 122 valence electrons. The lowest BCUT2D eigenvalue weighted by molar-refractivity contribution is 0.590. The smallest absolute Gasteiger partial charge is 0.0726 e. The molecule has 0 aliphatic carbocycles. The van der Waals surface area contributed by atoms with Crippen LogP contribution in [0.3, 0.4) is 0 Å². The molecule has 1 aliphatic heterocycles. The fourth-order valence-electron chi connectivity index (χ4n) is 2.48. The molecule has 0 spiro atoms. The monoisotopic (exact) mass is 302 g/mol. The zero-order chi connectivity index (χ0) is 16.4. The number of anilines is 1. The molecule has 0 amide bonds. The molecule has 1 saturated heterocycles. The first kappa shape index (κ1) is 18.4. The number of hydrogen-bond donors (Lipinski definition) is 2. The van der Waals surface area contributed by atoms with E-state index in [2.05, 4.69) is 39.5 Å². The van der Waals surface area contributed by atoms with Crippen LogP contribution >= 0.6 is 0 Å². The van der Waals surface area contributed by atoms with Crippen LogP contribution in [0.15, 0.2) is 30.3 Å². The van der Waals surface area contributed by atoms with Crippen molar-refractivity contribution in [1.82, 2.24) is 10.3 Å². The third-order valence-electron chi connectivity index (χ3n) is 3.41. The summed E-state index contributed by atoms with van der Waals surface area (Å²) in [6.45, 7) is 12.6. The van der Waals surface area contributed by atoms with Gasteiger partial charge in [-0.1, -0.05) is 45.9 Å². The molecule has 22 heavy (non-hydrogen) atoms. The third kappa shape index (κ3) is 4.42. The van der Waals surface area contributed by atoms with Crippen LogP contribution in [0.2, 0.25) is 0 Å². The van der Waals surface area contributed by atoms with E-state index in [1.54, 1.807) is 0 Å². The van der Waals surface area contributed by atoms with E-state index in [0.29, 0.717) is 6.54 Å². The van der Waals surface area contributed by atoms with Crippen molar-refractivity contribution in [3.63, 3.8) is 0 Å². The van der Waals surface area contributed by atoms with Gasteiger partial charge in [0.25, 0.3) is 0 Å². The minimum absolute atomic E-state index is 0.490. The van der Waals surface area contributed by atoms with Gasteiger partial charge in [-0.05, 0) is 12.1 Å². The summed E-state index contributed by atoms with van der Waals surface area (Å²) < 4.78 is 0. The molecule has 4 nitrogen and oxygen atoms in total. The summed E-state index contributed by atoms with van der Waals surface area (Å²) in [5.41, 5.74) is 9.01. The molecule has 1 fully saturated rings. The maximum Gasteiger partial charge on any atom is 0.0726 e. The summed E-state index contributed by atoms with van der Waals surface area (Å²) >= 11 is 0. The Kier molecular flexibility index (Phi) is 8.48. The first-order valence-electron chi connectivity index (χ1n) is 8.43. The number of pyridine rings is 1. The molecule has 2 aromatic rings. The number of benzene rings is 1.